The number of fused-ring (bicyclic) bond motifs is 1. The molecule has 0 atom stereocenters. The summed E-state index contributed by atoms with van der Waals surface area (Å²) in [5, 5.41) is 1.25. The van der Waals surface area contributed by atoms with E-state index in [1.165, 1.54) is 15.6 Å². The highest BCUT2D eigenvalue weighted by Gasteiger charge is 2.24. The van der Waals surface area contributed by atoms with E-state index in [1.807, 2.05) is 24.0 Å². The molecule has 0 bridgehead atoms. The quantitative estimate of drug-likeness (QED) is 0.524. The van der Waals surface area contributed by atoms with E-state index in [-0.39, 0.29) is 24.0 Å². The van der Waals surface area contributed by atoms with Gasteiger partial charge in [-0.15, -0.1) is 0 Å². The third-order valence-electron chi connectivity index (χ3n) is 3.62. The molecule has 0 amide bonds. The van der Waals surface area contributed by atoms with Crippen molar-refractivity contribution in [3.63, 3.8) is 0 Å². The lowest BCUT2D eigenvalue weighted by molar-refractivity contribution is -0.673. The number of thioether (sulfide) groups is 1. The van der Waals surface area contributed by atoms with Crippen LogP contribution in [-0.4, -0.2) is 13.7 Å². The Bertz CT molecular complexity index is 703. The molecular weight excluding hydrogens is 407 g/mol. The molecule has 3 nitrogen and oxygen atoms in total. The molecule has 0 saturated carbocycles. The maximum absolute atomic E-state index is 5.33. The first-order valence-corrected chi connectivity index (χ1v) is 7.84. The number of methoxy groups -OCH3 is 1. The normalized spacial score (nSPS) is 14.7. The summed E-state index contributed by atoms with van der Waals surface area (Å²) >= 11 is 1.82. The van der Waals surface area contributed by atoms with Gasteiger partial charge in [0, 0.05) is 23.6 Å². The number of para-hydroxylation sites is 1. The lowest BCUT2D eigenvalue weighted by Gasteiger charge is -2.17. The highest BCUT2D eigenvalue weighted by molar-refractivity contribution is 8.03. The van der Waals surface area contributed by atoms with Gasteiger partial charge in [-0.05, 0) is 19.1 Å². The van der Waals surface area contributed by atoms with Gasteiger partial charge in [-0.1, -0.05) is 23.9 Å². The van der Waals surface area contributed by atoms with Crippen LogP contribution in [0.4, 0.5) is 5.69 Å². The first kappa shape index (κ1) is 17.1. The van der Waals surface area contributed by atoms with E-state index in [0.717, 1.165) is 18.0 Å². The summed E-state index contributed by atoms with van der Waals surface area (Å²) in [6, 6.07) is 12.6. The Labute approximate surface area is 153 Å². The largest absolute Gasteiger partial charge is 1.00 e. The molecule has 1 aliphatic heterocycles. The van der Waals surface area contributed by atoms with Crippen molar-refractivity contribution in [1.82, 2.24) is 0 Å². The number of halogens is 1. The van der Waals surface area contributed by atoms with Gasteiger partial charge >= 0.3 is 0 Å². The van der Waals surface area contributed by atoms with Crippen molar-refractivity contribution in [2.75, 3.05) is 18.6 Å². The van der Waals surface area contributed by atoms with E-state index in [1.54, 1.807) is 7.11 Å². The molecule has 0 aliphatic carbocycles. The number of benzene rings is 1. The molecule has 1 aliphatic rings. The van der Waals surface area contributed by atoms with Crippen LogP contribution in [0.15, 0.2) is 52.5 Å². The van der Waals surface area contributed by atoms with Crippen LogP contribution in [0.1, 0.15) is 12.6 Å². The van der Waals surface area contributed by atoms with Crippen molar-refractivity contribution in [2.24, 2.45) is 7.05 Å². The average molecular weight is 426 g/mol. The summed E-state index contributed by atoms with van der Waals surface area (Å²) in [7, 11) is 3.75. The van der Waals surface area contributed by atoms with E-state index in [2.05, 4.69) is 59.8 Å². The molecule has 0 spiro atoms. The minimum Gasteiger partial charge on any atom is -1.00 e. The number of rotatable bonds is 3. The van der Waals surface area contributed by atoms with Gasteiger partial charge in [-0.2, -0.15) is 0 Å². The third kappa shape index (κ3) is 3.25. The molecule has 0 saturated heterocycles. The summed E-state index contributed by atoms with van der Waals surface area (Å²) in [4.78, 5) is 3.66. The van der Waals surface area contributed by atoms with Gasteiger partial charge < -0.3 is 33.6 Å². The predicted octanol–water partition coefficient (Wildman–Crippen LogP) is 0.454. The summed E-state index contributed by atoms with van der Waals surface area (Å²) in [5.41, 5.74) is 2.42. The minimum atomic E-state index is 0. The van der Waals surface area contributed by atoms with Crippen molar-refractivity contribution in [1.29, 1.82) is 0 Å². The molecule has 2 heterocycles. The van der Waals surface area contributed by atoms with E-state index >= 15 is 0 Å². The van der Waals surface area contributed by atoms with E-state index in [4.69, 9.17) is 4.74 Å². The van der Waals surface area contributed by atoms with E-state index in [9.17, 15) is 0 Å². The van der Waals surface area contributed by atoms with Gasteiger partial charge in [0.05, 0.1) is 23.9 Å². The van der Waals surface area contributed by atoms with Crippen LogP contribution in [0.5, 0.6) is 5.75 Å². The molecule has 0 unspecified atom stereocenters. The molecule has 0 fully saturated rings. The van der Waals surface area contributed by atoms with Crippen LogP contribution in [0.25, 0.3) is 6.08 Å². The third-order valence-corrected chi connectivity index (χ3v) is 4.73. The lowest BCUT2D eigenvalue weighted by Crippen LogP contribution is -3.00. The van der Waals surface area contributed by atoms with Crippen LogP contribution < -0.4 is 38.2 Å². The Morgan fingerprint density at radius 3 is 2.77 bits per heavy atom. The Morgan fingerprint density at radius 1 is 1.27 bits per heavy atom. The van der Waals surface area contributed by atoms with Crippen LogP contribution in [-0.2, 0) is 7.05 Å². The summed E-state index contributed by atoms with van der Waals surface area (Å²) < 4.78 is 7.43. The van der Waals surface area contributed by atoms with Crippen LogP contribution in [0.2, 0.25) is 0 Å². The maximum Gasteiger partial charge on any atom is 0.211 e. The summed E-state index contributed by atoms with van der Waals surface area (Å²) in [6.07, 6.45) is 4.24. The molecule has 2 aromatic rings. The zero-order valence-electron chi connectivity index (χ0n) is 12.9. The predicted molar refractivity (Wildman–Crippen MR) is 87.5 cm³/mol. The fraction of sp³-hybridized carbons (Fsp3) is 0.235. The number of pyridine rings is 1. The highest BCUT2D eigenvalue weighted by Crippen LogP contribution is 2.46. The Balaban J connectivity index is 0.00000176. The van der Waals surface area contributed by atoms with Crippen LogP contribution in [0, 0.1) is 0 Å². The second kappa shape index (κ2) is 7.37. The van der Waals surface area contributed by atoms with Crippen molar-refractivity contribution in [3.05, 3.63) is 53.3 Å². The summed E-state index contributed by atoms with van der Waals surface area (Å²) in [5.74, 6) is 0.878. The van der Waals surface area contributed by atoms with E-state index in [0.29, 0.717) is 0 Å². The first-order chi connectivity index (χ1) is 10.2. The van der Waals surface area contributed by atoms with Gasteiger partial charge in [0.1, 0.15) is 12.8 Å². The van der Waals surface area contributed by atoms with Crippen molar-refractivity contribution >= 4 is 23.5 Å². The molecule has 116 valence electrons. The molecule has 3 rings (SSSR count). The number of ether oxygens (including phenoxy) is 1. The summed E-state index contributed by atoms with van der Waals surface area (Å²) in [6.45, 7) is 3.14. The molecule has 5 heteroatoms. The monoisotopic (exact) mass is 426 g/mol. The smallest absolute Gasteiger partial charge is 0.211 e. The maximum atomic E-state index is 5.33. The zero-order valence-corrected chi connectivity index (χ0v) is 15.9. The minimum absolute atomic E-state index is 0. The number of hydrogen-bond acceptors (Lipinski definition) is 3. The zero-order chi connectivity index (χ0) is 14.8. The molecular formula is C17H19IN2OS. The van der Waals surface area contributed by atoms with Gasteiger partial charge in [0.2, 0.25) is 5.69 Å². The van der Waals surface area contributed by atoms with Crippen molar-refractivity contribution in [3.8, 4) is 5.75 Å². The fourth-order valence-corrected chi connectivity index (χ4v) is 3.62. The average Bonchev–Trinajstić information content (AvgIpc) is 2.86. The second-order valence-corrected chi connectivity index (χ2v) is 5.96. The number of nitrogens with zero attached hydrogens (tertiary/aromatic N) is 2. The molecule has 1 aromatic heterocycles. The van der Waals surface area contributed by atoms with E-state index < -0.39 is 0 Å². The Morgan fingerprint density at radius 2 is 2.05 bits per heavy atom. The van der Waals surface area contributed by atoms with Crippen molar-refractivity contribution in [2.45, 2.75) is 11.8 Å². The number of anilines is 1. The molecule has 0 N–H and O–H groups in total. The standard InChI is InChI=1S/C17H19N2OS.HI/c1-4-19-15-7-5-6-8-16(15)21-17(19)12-13-11-14(20-3)9-10-18(13)2;/h5-12H,4H2,1-3H3;1H/q+1;/p-1. The Hall–Kier alpha value is -1.21. The molecule has 1 aromatic carbocycles. The van der Waals surface area contributed by atoms with Crippen molar-refractivity contribution < 1.29 is 33.3 Å². The Kier molecular flexibility index (Phi) is 5.74. The topological polar surface area (TPSA) is 16.4 Å². The van der Waals surface area contributed by atoms with Gasteiger partial charge in [-0.3, -0.25) is 0 Å². The number of hydrogen-bond donors (Lipinski definition) is 0. The SMILES string of the molecule is CCN1/C(=C/c2cc(OC)cc[n+]2C)Sc2ccccc21.[I-]. The van der Waals surface area contributed by atoms with Crippen LogP contribution in [0.3, 0.4) is 0 Å². The van der Waals surface area contributed by atoms with Gasteiger partial charge in [-0.25, -0.2) is 4.57 Å². The first-order valence-electron chi connectivity index (χ1n) is 7.02. The second-order valence-electron chi connectivity index (χ2n) is 4.90. The molecule has 0 radical (unpaired) electrons. The highest BCUT2D eigenvalue weighted by atomic mass is 127. The van der Waals surface area contributed by atoms with Gasteiger partial charge in [0.25, 0.3) is 0 Å². The van der Waals surface area contributed by atoms with Crippen LogP contribution >= 0.6 is 11.8 Å². The number of aryl methyl sites for hydroxylation is 1. The number of aromatic nitrogens is 1. The molecule has 22 heavy (non-hydrogen) atoms. The fourth-order valence-electron chi connectivity index (χ4n) is 2.45. The van der Waals surface area contributed by atoms with Gasteiger partial charge in [0.15, 0.2) is 6.20 Å². The lowest BCUT2D eigenvalue weighted by atomic mass is 10.2.